The van der Waals surface area contributed by atoms with E-state index in [2.05, 4.69) is 32.6 Å². The van der Waals surface area contributed by atoms with E-state index in [1.165, 1.54) is 4.90 Å². The second-order valence-corrected chi connectivity index (χ2v) is 4.91. The monoisotopic (exact) mass is 321 g/mol. The molecule has 1 aromatic rings. The lowest BCUT2D eigenvalue weighted by Gasteiger charge is -2.23. The summed E-state index contributed by atoms with van der Waals surface area (Å²) in [7, 11) is 0. The van der Waals surface area contributed by atoms with E-state index >= 15 is 0 Å². The number of nitrogens with one attached hydrogen (secondary N) is 1. The van der Waals surface area contributed by atoms with Gasteiger partial charge in [0.15, 0.2) is 0 Å². The fraction of sp³-hybridized carbons (Fsp3) is 0.556. The van der Waals surface area contributed by atoms with Crippen LogP contribution in [0.1, 0.15) is 31.6 Å². The van der Waals surface area contributed by atoms with Crippen molar-refractivity contribution in [2.24, 2.45) is 0 Å². The van der Waals surface area contributed by atoms with Gasteiger partial charge in [-0.05, 0) is 42.4 Å². The molecule has 0 bridgehead atoms. The summed E-state index contributed by atoms with van der Waals surface area (Å²) in [6, 6.07) is -0.0312. The predicted molar refractivity (Wildman–Crippen MR) is 62.6 cm³/mol. The Balaban J connectivity index is 2.25. The van der Waals surface area contributed by atoms with Crippen molar-refractivity contribution in [1.29, 1.82) is 0 Å². The van der Waals surface area contributed by atoms with E-state index in [4.69, 9.17) is 5.11 Å². The second-order valence-electron chi connectivity index (χ2n) is 3.75. The number of nitrogens with zero attached hydrogens (tertiary/aromatic N) is 2. The van der Waals surface area contributed by atoms with Crippen LogP contribution in [0.2, 0.25) is 0 Å². The number of hydrogen-bond donors (Lipinski definition) is 2. The summed E-state index contributed by atoms with van der Waals surface area (Å²) in [6.45, 7) is 1.93. The maximum Gasteiger partial charge on any atom is 0.408 e. The maximum absolute atomic E-state index is 11.1. The topological polar surface area (TPSA) is 69.2 Å². The van der Waals surface area contributed by atoms with Crippen LogP contribution in [-0.2, 0) is 0 Å². The molecule has 6 heteroatoms. The number of carbonyl (C=O) groups is 1. The molecule has 2 unspecified atom stereocenters. The van der Waals surface area contributed by atoms with Crippen molar-refractivity contribution >= 4 is 28.7 Å². The molecule has 1 saturated heterocycles. The Morgan fingerprint density at radius 2 is 2.47 bits per heavy atom. The van der Waals surface area contributed by atoms with Crippen molar-refractivity contribution in [3.63, 3.8) is 0 Å². The number of likely N-dealkylation sites (tertiary alicyclic amines) is 1. The molecule has 82 valence electrons. The standard InChI is InChI=1S/C9H12IN3O2/c1-5-2-3-6(13(5)9(14)15)8-11-4-7(10)12-8/h4-6H,2-3H2,1H3,(H,11,12)(H,14,15). The molecular formula is C9H12IN3O2. The lowest BCUT2D eigenvalue weighted by atomic mass is 10.2. The summed E-state index contributed by atoms with van der Waals surface area (Å²) >= 11 is 2.13. The second kappa shape index (κ2) is 3.99. The normalized spacial score (nSPS) is 25.9. The van der Waals surface area contributed by atoms with Gasteiger partial charge in [0.2, 0.25) is 0 Å². The molecule has 1 aromatic heterocycles. The highest BCUT2D eigenvalue weighted by atomic mass is 127. The van der Waals surface area contributed by atoms with Crippen LogP contribution in [0.3, 0.4) is 0 Å². The largest absolute Gasteiger partial charge is 0.465 e. The van der Waals surface area contributed by atoms with Gasteiger partial charge in [-0.15, -0.1) is 0 Å². The molecule has 2 atom stereocenters. The minimum absolute atomic E-state index is 0.0789. The van der Waals surface area contributed by atoms with Crippen molar-refractivity contribution in [3.05, 3.63) is 15.7 Å². The summed E-state index contributed by atoms with van der Waals surface area (Å²) in [5, 5.41) is 9.10. The number of halogens is 1. The highest BCUT2D eigenvalue weighted by molar-refractivity contribution is 14.1. The number of rotatable bonds is 1. The number of amides is 1. The van der Waals surface area contributed by atoms with Crippen LogP contribution < -0.4 is 0 Å². The SMILES string of the molecule is CC1CCC(c2ncc(I)[nH]2)N1C(=O)O. The Morgan fingerprint density at radius 3 is 3.00 bits per heavy atom. The van der Waals surface area contributed by atoms with Gasteiger partial charge in [0.1, 0.15) is 5.82 Å². The average molecular weight is 321 g/mol. The molecule has 5 nitrogen and oxygen atoms in total. The van der Waals surface area contributed by atoms with E-state index in [1.807, 2.05) is 6.92 Å². The third-order valence-corrected chi connectivity index (χ3v) is 3.32. The lowest BCUT2D eigenvalue weighted by molar-refractivity contribution is 0.123. The van der Waals surface area contributed by atoms with Crippen LogP contribution in [-0.4, -0.2) is 32.1 Å². The number of carboxylic acid groups (broad SMARTS) is 1. The van der Waals surface area contributed by atoms with Gasteiger partial charge in [0.25, 0.3) is 0 Å². The van der Waals surface area contributed by atoms with Crippen LogP contribution in [0.15, 0.2) is 6.20 Å². The van der Waals surface area contributed by atoms with Crippen molar-refractivity contribution in [3.8, 4) is 0 Å². The number of H-pyrrole nitrogens is 1. The summed E-state index contributed by atoms with van der Waals surface area (Å²) in [5.74, 6) is 0.756. The number of aromatic nitrogens is 2. The molecule has 1 aliphatic heterocycles. The van der Waals surface area contributed by atoms with Gasteiger partial charge in [0.05, 0.1) is 15.9 Å². The molecule has 1 aliphatic rings. The highest BCUT2D eigenvalue weighted by Gasteiger charge is 2.36. The first-order valence-corrected chi connectivity index (χ1v) is 5.89. The van der Waals surface area contributed by atoms with Crippen molar-refractivity contribution in [2.45, 2.75) is 31.8 Å². The summed E-state index contributed by atoms with van der Waals surface area (Å²) in [5.41, 5.74) is 0. The molecular weight excluding hydrogens is 309 g/mol. The van der Waals surface area contributed by atoms with Crippen LogP contribution in [0, 0.1) is 3.70 Å². The fourth-order valence-electron chi connectivity index (χ4n) is 2.06. The van der Waals surface area contributed by atoms with Gasteiger partial charge in [-0.2, -0.15) is 0 Å². The molecule has 2 N–H and O–H groups in total. The molecule has 2 rings (SSSR count). The third kappa shape index (κ3) is 1.95. The first-order chi connectivity index (χ1) is 7.09. The average Bonchev–Trinajstić information content (AvgIpc) is 2.71. The Labute approximate surface area is 101 Å². The third-order valence-electron chi connectivity index (χ3n) is 2.77. The van der Waals surface area contributed by atoms with E-state index < -0.39 is 6.09 Å². The van der Waals surface area contributed by atoms with Gasteiger partial charge >= 0.3 is 6.09 Å². The maximum atomic E-state index is 11.1. The summed E-state index contributed by atoms with van der Waals surface area (Å²) < 4.78 is 0.937. The van der Waals surface area contributed by atoms with Crippen molar-refractivity contribution in [2.75, 3.05) is 0 Å². The van der Waals surface area contributed by atoms with E-state index in [9.17, 15) is 4.79 Å². The Bertz CT molecular complexity index is 379. The van der Waals surface area contributed by atoms with E-state index in [-0.39, 0.29) is 12.1 Å². The quantitative estimate of drug-likeness (QED) is 0.779. The van der Waals surface area contributed by atoms with Crippen LogP contribution >= 0.6 is 22.6 Å². The zero-order valence-corrected chi connectivity index (χ0v) is 10.4. The molecule has 0 aliphatic carbocycles. The summed E-state index contributed by atoms with van der Waals surface area (Å²) in [4.78, 5) is 19.9. The Hall–Kier alpha value is -0.790. The van der Waals surface area contributed by atoms with Gasteiger partial charge in [-0.3, -0.25) is 4.90 Å². The predicted octanol–water partition coefficient (Wildman–Crippen LogP) is 2.22. The molecule has 1 fully saturated rings. The van der Waals surface area contributed by atoms with Crippen LogP contribution in [0.5, 0.6) is 0 Å². The number of imidazole rings is 1. The Kier molecular flexibility index (Phi) is 2.85. The van der Waals surface area contributed by atoms with E-state index in [0.29, 0.717) is 0 Å². The highest BCUT2D eigenvalue weighted by Crippen LogP contribution is 2.34. The minimum atomic E-state index is -0.864. The van der Waals surface area contributed by atoms with E-state index in [1.54, 1.807) is 6.20 Å². The fourth-order valence-corrected chi connectivity index (χ4v) is 2.47. The number of aromatic amines is 1. The minimum Gasteiger partial charge on any atom is -0.465 e. The first kappa shape index (κ1) is 10.7. The molecule has 0 spiro atoms. The summed E-state index contributed by atoms with van der Waals surface area (Å²) in [6.07, 6.45) is 2.60. The molecule has 15 heavy (non-hydrogen) atoms. The zero-order chi connectivity index (χ0) is 11.0. The lowest BCUT2D eigenvalue weighted by Crippen LogP contribution is -2.34. The van der Waals surface area contributed by atoms with Crippen LogP contribution in [0.25, 0.3) is 0 Å². The molecule has 0 aromatic carbocycles. The zero-order valence-electron chi connectivity index (χ0n) is 8.27. The van der Waals surface area contributed by atoms with E-state index in [0.717, 1.165) is 22.4 Å². The van der Waals surface area contributed by atoms with Crippen LogP contribution in [0.4, 0.5) is 4.79 Å². The van der Waals surface area contributed by atoms with Gasteiger partial charge < -0.3 is 10.1 Å². The van der Waals surface area contributed by atoms with Gasteiger partial charge in [0, 0.05) is 6.04 Å². The van der Waals surface area contributed by atoms with Crippen molar-refractivity contribution in [1.82, 2.24) is 14.9 Å². The molecule has 2 heterocycles. The molecule has 0 saturated carbocycles. The molecule has 0 radical (unpaired) electrons. The molecule has 1 amide bonds. The Morgan fingerprint density at radius 1 is 1.73 bits per heavy atom. The first-order valence-electron chi connectivity index (χ1n) is 4.81. The smallest absolute Gasteiger partial charge is 0.408 e. The van der Waals surface area contributed by atoms with Gasteiger partial charge in [-0.25, -0.2) is 9.78 Å². The van der Waals surface area contributed by atoms with Crippen molar-refractivity contribution < 1.29 is 9.90 Å². The number of hydrogen-bond acceptors (Lipinski definition) is 2. The van der Waals surface area contributed by atoms with Gasteiger partial charge in [-0.1, -0.05) is 0 Å².